The Balaban J connectivity index is 1.54. The van der Waals surface area contributed by atoms with Gasteiger partial charge >= 0.3 is 5.97 Å². The lowest BCUT2D eigenvalue weighted by Gasteiger charge is -2.16. The first-order chi connectivity index (χ1) is 12.0. The lowest BCUT2D eigenvalue weighted by Crippen LogP contribution is -2.20. The molecular weight excluding hydrogens is 338 g/mol. The van der Waals surface area contributed by atoms with E-state index in [1.54, 1.807) is 31.4 Å². The SMILES string of the molecule is COc1cccc(NC(=O)COC(=O)c2cc3c(s2)CC[C@@H](C)C3)c1. The average molecular weight is 359 g/mol. The predicted octanol–water partition coefficient (Wildman–Crippen LogP) is 3.68. The van der Waals surface area contributed by atoms with Gasteiger partial charge < -0.3 is 14.8 Å². The van der Waals surface area contributed by atoms with Crippen LogP contribution in [0.4, 0.5) is 5.69 Å². The van der Waals surface area contributed by atoms with Crippen LogP contribution < -0.4 is 10.1 Å². The molecule has 1 aliphatic carbocycles. The summed E-state index contributed by atoms with van der Waals surface area (Å²) >= 11 is 1.48. The highest BCUT2D eigenvalue weighted by atomic mass is 32.1. The van der Waals surface area contributed by atoms with Gasteiger partial charge in [0.1, 0.15) is 10.6 Å². The Morgan fingerprint density at radius 3 is 2.96 bits per heavy atom. The maximum atomic E-state index is 12.2. The molecule has 0 saturated heterocycles. The Kier molecular flexibility index (Phi) is 5.38. The summed E-state index contributed by atoms with van der Waals surface area (Å²) < 4.78 is 10.3. The zero-order chi connectivity index (χ0) is 17.8. The quantitative estimate of drug-likeness (QED) is 0.827. The average Bonchev–Trinajstić information content (AvgIpc) is 3.03. The molecule has 1 aliphatic rings. The third kappa shape index (κ3) is 4.39. The van der Waals surface area contributed by atoms with Crippen molar-refractivity contribution in [3.05, 3.63) is 45.6 Å². The number of rotatable bonds is 5. The highest BCUT2D eigenvalue weighted by Gasteiger charge is 2.21. The van der Waals surface area contributed by atoms with Gasteiger partial charge in [0.05, 0.1) is 7.11 Å². The van der Waals surface area contributed by atoms with Crippen LogP contribution in [-0.4, -0.2) is 25.6 Å². The van der Waals surface area contributed by atoms with Crippen LogP contribution in [0.15, 0.2) is 30.3 Å². The number of carbonyl (C=O) groups is 2. The summed E-state index contributed by atoms with van der Waals surface area (Å²) in [6.07, 6.45) is 3.19. The first-order valence-electron chi connectivity index (χ1n) is 8.27. The van der Waals surface area contributed by atoms with Crippen molar-refractivity contribution in [1.29, 1.82) is 0 Å². The van der Waals surface area contributed by atoms with E-state index in [4.69, 9.17) is 9.47 Å². The number of ether oxygens (including phenoxy) is 2. The number of carbonyl (C=O) groups excluding carboxylic acids is 2. The van der Waals surface area contributed by atoms with Gasteiger partial charge in [-0.3, -0.25) is 4.79 Å². The minimum Gasteiger partial charge on any atom is -0.497 e. The molecule has 0 radical (unpaired) electrons. The number of hydrogen-bond acceptors (Lipinski definition) is 5. The van der Waals surface area contributed by atoms with Crippen molar-refractivity contribution in [2.75, 3.05) is 19.0 Å². The number of nitrogens with one attached hydrogen (secondary N) is 1. The summed E-state index contributed by atoms with van der Waals surface area (Å²) in [5.74, 6) is 0.484. The van der Waals surface area contributed by atoms with Gasteiger partial charge in [-0.25, -0.2) is 4.79 Å². The molecule has 6 heteroatoms. The van der Waals surface area contributed by atoms with Gasteiger partial charge in [-0.05, 0) is 48.9 Å². The summed E-state index contributed by atoms with van der Waals surface area (Å²) in [6, 6.07) is 8.93. The van der Waals surface area contributed by atoms with E-state index in [0.717, 1.165) is 19.3 Å². The van der Waals surface area contributed by atoms with Crippen molar-refractivity contribution in [1.82, 2.24) is 0 Å². The fourth-order valence-electron chi connectivity index (χ4n) is 2.91. The molecule has 0 fully saturated rings. The molecule has 25 heavy (non-hydrogen) atoms. The summed E-state index contributed by atoms with van der Waals surface area (Å²) in [6.45, 7) is 1.91. The third-order valence-electron chi connectivity index (χ3n) is 4.22. The molecule has 0 saturated carbocycles. The van der Waals surface area contributed by atoms with E-state index in [-0.39, 0.29) is 12.5 Å². The van der Waals surface area contributed by atoms with Gasteiger partial charge in [-0.15, -0.1) is 11.3 Å². The minimum absolute atomic E-state index is 0.311. The molecule has 1 N–H and O–H groups in total. The number of fused-ring (bicyclic) bond motifs is 1. The van der Waals surface area contributed by atoms with Crippen LogP contribution in [0.3, 0.4) is 0 Å². The van der Waals surface area contributed by atoms with Crippen LogP contribution >= 0.6 is 11.3 Å². The molecule has 1 atom stereocenters. The van der Waals surface area contributed by atoms with Crippen LogP contribution in [0.25, 0.3) is 0 Å². The number of methoxy groups -OCH3 is 1. The van der Waals surface area contributed by atoms with E-state index in [1.165, 1.54) is 21.8 Å². The smallest absolute Gasteiger partial charge is 0.348 e. The zero-order valence-corrected chi connectivity index (χ0v) is 15.2. The standard InChI is InChI=1S/C19H21NO4S/c1-12-6-7-16-13(8-12)9-17(25-16)19(22)24-11-18(21)20-14-4-3-5-15(10-14)23-2/h3-5,9-10,12H,6-8,11H2,1-2H3,(H,20,21)/t12-/m1/s1. The largest absolute Gasteiger partial charge is 0.497 e. The highest BCUT2D eigenvalue weighted by molar-refractivity contribution is 7.14. The summed E-state index contributed by atoms with van der Waals surface area (Å²) in [4.78, 5) is 26.0. The van der Waals surface area contributed by atoms with Crippen LogP contribution in [-0.2, 0) is 22.4 Å². The number of amides is 1. The van der Waals surface area contributed by atoms with Gasteiger partial charge in [-0.1, -0.05) is 13.0 Å². The Morgan fingerprint density at radius 1 is 1.32 bits per heavy atom. The normalized spacial score (nSPS) is 16.0. The second kappa shape index (κ2) is 7.70. The van der Waals surface area contributed by atoms with Crippen LogP contribution in [0.1, 0.15) is 33.5 Å². The van der Waals surface area contributed by atoms with Crippen molar-refractivity contribution < 1.29 is 19.1 Å². The Hall–Kier alpha value is -2.34. The molecule has 1 heterocycles. The molecule has 1 amide bonds. The van der Waals surface area contributed by atoms with Crippen molar-refractivity contribution in [2.45, 2.75) is 26.2 Å². The van der Waals surface area contributed by atoms with E-state index < -0.39 is 5.97 Å². The molecule has 3 rings (SSSR count). The molecule has 0 spiro atoms. The Labute approximate surface area is 151 Å². The number of anilines is 1. The van der Waals surface area contributed by atoms with Crippen LogP contribution in [0.5, 0.6) is 5.75 Å². The van der Waals surface area contributed by atoms with Crippen LogP contribution in [0, 0.1) is 5.92 Å². The molecule has 0 aliphatic heterocycles. The minimum atomic E-state index is -0.437. The van der Waals surface area contributed by atoms with Gasteiger partial charge in [0.2, 0.25) is 0 Å². The number of esters is 1. The van der Waals surface area contributed by atoms with E-state index >= 15 is 0 Å². The monoisotopic (exact) mass is 359 g/mol. The lowest BCUT2D eigenvalue weighted by molar-refractivity contribution is -0.119. The number of hydrogen-bond donors (Lipinski definition) is 1. The number of thiophene rings is 1. The van der Waals surface area contributed by atoms with E-state index in [1.807, 2.05) is 6.07 Å². The second-order valence-corrected chi connectivity index (χ2v) is 7.40. The third-order valence-corrected chi connectivity index (χ3v) is 5.44. The van der Waals surface area contributed by atoms with Crippen molar-refractivity contribution in [3.63, 3.8) is 0 Å². The first kappa shape index (κ1) is 17.5. The molecule has 5 nitrogen and oxygen atoms in total. The topological polar surface area (TPSA) is 64.6 Å². The zero-order valence-electron chi connectivity index (χ0n) is 14.3. The van der Waals surface area contributed by atoms with Crippen LogP contribution in [0.2, 0.25) is 0 Å². The molecule has 1 aromatic carbocycles. The van der Waals surface area contributed by atoms with Gasteiger partial charge in [0, 0.05) is 16.6 Å². The van der Waals surface area contributed by atoms with Gasteiger partial charge in [0.15, 0.2) is 6.61 Å². The van der Waals surface area contributed by atoms with E-state index in [2.05, 4.69) is 12.2 Å². The van der Waals surface area contributed by atoms with Crippen molar-refractivity contribution in [2.24, 2.45) is 5.92 Å². The summed E-state index contributed by atoms with van der Waals surface area (Å²) in [5.41, 5.74) is 1.84. The Bertz CT molecular complexity index is 783. The second-order valence-electron chi connectivity index (χ2n) is 6.26. The molecule has 0 bridgehead atoms. The van der Waals surface area contributed by atoms with Gasteiger partial charge in [0.25, 0.3) is 5.91 Å². The predicted molar refractivity (Wildman–Crippen MR) is 97.4 cm³/mol. The van der Waals surface area contributed by atoms with Gasteiger partial charge in [-0.2, -0.15) is 0 Å². The molecular formula is C19H21NO4S. The summed E-state index contributed by atoms with van der Waals surface area (Å²) in [7, 11) is 1.56. The molecule has 2 aromatic rings. The fourth-order valence-corrected chi connectivity index (χ4v) is 4.01. The number of aryl methyl sites for hydroxylation is 1. The molecule has 1 aromatic heterocycles. The fraction of sp³-hybridized carbons (Fsp3) is 0.368. The maximum Gasteiger partial charge on any atom is 0.348 e. The summed E-state index contributed by atoms with van der Waals surface area (Å²) in [5, 5.41) is 2.69. The molecule has 0 unspecified atom stereocenters. The van der Waals surface area contributed by atoms with E-state index in [0.29, 0.717) is 22.2 Å². The Morgan fingerprint density at radius 2 is 2.16 bits per heavy atom. The maximum absolute atomic E-state index is 12.2. The van der Waals surface area contributed by atoms with E-state index in [9.17, 15) is 9.59 Å². The highest BCUT2D eigenvalue weighted by Crippen LogP contribution is 2.32. The lowest BCUT2D eigenvalue weighted by atomic mass is 9.90. The van der Waals surface area contributed by atoms with Crippen molar-refractivity contribution >= 4 is 28.9 Å². The van der Waals surface area contributed by atoms with Crippen molar-refractivity contribution in [3.8, 4) is 5.75 Å². The molecule has 132 valence electrons. The first-order valence-corrected chi connectivity index (χ1v) is 9.09. The number of benzene rings is 1.